The van der Waals surface area contributed by atoms with Crippen LogP contribution in [-0.2, 0) is 11.1 Å². The van der Waals surface area contributed by atoms with E-state index in [2.05, 4.69) is 41.3 Å². The molecular weight excluding hydrogens is 368 g/mol. The van der Waals surface area contributed by atoms with Gasteiger partial charge in [-0.25, -0.2) is 9.50 Å². The zero-order valence-corrected chi connectivity index (χ0v) is 17.1. The van der Waals surface area contributed by atoms with Crippen LogP contribution in [0.25, 0.3) is 16.6 Å². The van der Waals surface area contributed by atoms with E-state index in [0.29, 0.717) is 22.5 Å². The van der Waals surface area contributed by atoms with Crippen molar-refractivity contribution >= 4 is 28.1 Å². The molecule has 0 atom stereocenters. The Hall–Kier alpha value is -3.26. The molecule has 2 N–H and O–H groups in total. The monoisotopic (exact) mass is 392 g/mol. The van der Waals surface area contributed by atoms with Crippen LogP contribution in [0.3, 0.4) is 0 Å². The molecule has 0 spiro atoms. The van der Waals surface area contributed by atoms with Crippen LogP contribution in [0.15, 0.2) is 43.0 Å². The molecule has 0 aliphatic carbocycles. The number of anilines is 1. The lowest BCUT2D eigenvalue weighted by Crippen LogP contribution is -2.22. The van der Waals surface area contributed by atoms with Crippen molar-refractivity contribution in [2.24, 2.45) is 0 Å². The van der Waals surface area contributed by atoms with Gasteiger partial charge < -0.3 is 10.4 Å². The van der Waals surface area contributed by atoms with Crippen molar-refractivity contribution in [3.05, 3.63) is 54.1 Å². The lowest BCUT2D eigenvalue weighted by atomic mass is 9.95. The van der Waals surface area contributed by atoms with Crippen LogP contribution >= 0.6 is 0 Å². The maximum absolute atomic E-state index is 13.0. The van der Waals surface area contributed by atoms with E-state index in [9.17, 15) is 9.90 Å². The second kappa shape index (κ2) is 6.38. The SMILES string of the molecule is CC(C)(O)c1cc2nn(C(C)(C)C)cc2cc1NC(=O)c1cnn2cccnc12. The van der Waals surface area contributed by atoms with Crippen LogP contribution in [0.5, 0.6) is 0 Å². The summed E-state index contributed by atoms with van der Waals surface area (Å²) in [5.74, 6) is -0.341. The lowest BCUT2D eigenvalue weighted by molar-refractivity contribution is 0.0794. The second-order valence-electron chi connectivity index (χ2n) is 8.66. The summed E-state index contributed by atoms with van der Waals surface area (Å²) in [4.78, 5) is 17.2. The number of carbonyl (C=O) groups excluding carboxylic acids is 1. The van der Waals surface area contributed by atoms with Crippen molar-refractivity contribution in [2.45, 2.75) is 45.8 Å². The Bertz CT molecular complexity index is 1220. The molecule has 0 saturated heterocycles. The molecule has 4 aromatic rings. The minimum atomic E-state index is -1.17. The van der Waals surface area contributed by atoms with Crippen molar-refractivity contribution in [1.29, 1.82) is 0 Å². The van der Waals surface area contributed by atoms with Gasteiger partial charge in [0.15, 0.2) is 5.65 Å². The van der Waals surface area contributed by atoms with Crippen LogP contribution in [-0.4, -0.2) is 35.4 Å². The molecule has 0 aliphatic rings. The first-order chi connectivity index (χ1) is 13.5. The summed E-state index contributed by atoms with van der Waals surface area (Å²) in [6, 6.07) is 5.41. The zero-order chi connectivity index (χ0) is 21.0. The number of amides is 1. The molecule has 0 radical (unpaired) electrons. The number of aliphatic hydroxyl groups is 1. The van der Waals surface area contributed by atoms with E-state index in [1.807, 2.05) is 23.0 Å². The molecule has 8 nitrogen and oxygen atoms in total. The molecule has 29 heavy (non-hydrogen) atoms. The predicted octanol–water partition coefficient (Wildman–Crippen LogP) is 3.31. The largest absolute Gasteiger partial charge is 0.386 e. The summed E-state index contributed by atoms with van der Waals surface area (Å²) in [7, 11) is 0. The average Bonchev–Trinajstić information content (AvgIpc) is 3.23. The van der Waals surface area contributed by atoms with E-state index < -0.39 is 5.60 Å². The van der Waals surface area contributed by atoms with E-state index in [1.165, 1.54) is 6.20 Å². The van der Waals surface area contributed by atoms with E-state index in [-0.39, 0.29) is 11.4 Å². The molecule has 3 aromatic heterocycles. The number of nitrogens with one attached hydrogen (secondary N) is 1. The summed E-state index contributed by atoms with van der Waals surface area (Å²) < 4.78 is 3.43. The zero-order valence-electron chi connectivity index (χ0n) is 17.1. The lowest BCUT2D eigenvalue weighted by Gasteiger charge is -2.22. The fraction of sp³-hybridized carbons (Fsp3) is 0.333. The Kier molecular flexibility index (Phi) is 4.20. The second-order valence-corrected chi connectivity index (χ2v) is 8.66. The van der Waals surface area contributed by atoms with E-state index in [1.54, 1.807) is 36.8 Å². The number of nitrogens with zero attached hydrogens (tertiary/aromatic N) is 5. The van der Waals surface area contributed by atoms with Gasteiger partial charge in [-0.15, -0.1) is 0 Å². The topological polar surface area (TPSA) is 97.3 Å². The normalized spacial score (nSPS) is 12.6. The van der Waals surface area contributed by atoms with Gasteiger partial charge in [-0.3, -0.25) is 9.48 Å². The van der Waals surface area contributed by atoms with Crippen LogP contribution in [0.1, 0.15) is 50.5 Å². The van der Waals surface area contributed by atoms with Gasteiger partial charge in [0, 0.05) is 35.2 Å². The summed E-state index contributed by atoms with van der Waals surface area (Å²) in [5.41, 5.74) is 1.35. The van der Waals surface area contributed by atoms with Crippen LogP contribution in [0, 0.1) is 0 Å². The van der Waals surface area contributed by atoms with Gasteiger partial charge in [0.2, 0.25) is 0 Å². The predicted molar refractivity (Wildman–Crippen MR) is 111 cm³/mol. The summed E-state index contributed by atoms with van der Waals surface area (Å²) in [5, 5.41) is 23.3. The highest BCUT2D eigenvalue weighted by molar-refractivity contribution is 6.09. The minimum absolute atomic E-state index is 0.180. The van der Waals surface area contributed by atoms with Gasteiger partial charge >= 0.3 is 0 Å². The van der Waals surface area contributed by atoms with Gasteiger partial charge in [-0.2, -0.15) is 10.2 Å². The molecule has 0 fully saturated rings. The molecule has 0 aliphatic heterocycles. The quantitative estimate of drug-likeness (QED) is 0.557. The van der Waals surface area contributed by atoms with Gasteiger partial charge in [0.05, 0.1) is 22.9 Å². The maximum Gasteiger partial charge on any atom is 0.261 e. The van der Waals surface area contributed by atoms with Crippen molar-refractivity contribution < 1.29 is 9.90 Å². The molecular formula is C21H24N6O2. The van der Waals surface area contributed by atoms with E-state index in [0.717, 1.165) is 10.9 Å². The minimum Gasteiger partial charge on any atom is -0.386 e. The Morgan fingerprint density at radius 1 is 1.17 bits per heavy atom. The first-order valence-electron chi connectivity index (χ1n) is 9.40. The number of aromatic nitrogens is 5. The smallest absolute Gasteiger partial charge is 0.261 e. The Balaban J connectivity index is 1.80. The third-order valence-corrected chi connectivity index (χ3v) is 4.76. The fourth-order valence-electron chi connectivity index (χ4n) is 3.20. The Morgan fingerprint density at radius 2 is 1.93 bits per heavy atom. The number of hydrogen-bond donors (Lipinski definition) is 2. The summed E-state index contributed by atoms with van der Waals surface area (Å²) in [6.07, 6.45) is 6.77. The molecule has 1 aromatic carbocycles. The third-order valence-electron chi connectivity index (χ3n) is 4.76. The van der Waals surface area contributed by atoms with Crippen molar-refractivity contribution in [2.75, 3.05) is 5.32 Å². The van der Waals surface area contributed by atoms with E-state index >= 15 is 0 Å². The standard InChI is InChI=1S/C21H24N6O2/c1-20(2,3)27-12-13-9-17(15(21(4,5)29)10-16(13)25-27)24-19(28)14-11-23-26-8-6-7-22-18(14)26/h6-12,29H,1-5H3,(H,24,28). The average molecular weight is 392 g/mol. The molecule has 4 rings (SSSR count). The van der Waals surface area contributed by atoms with Crippen LogP contribution in [0.4, 0.5) is 5.69 Å². The highest BCUT2D eigenvalue weighted by atomic mass is 16.3. The van der Waals surface area contributed by atoms with E-state index in [4.69, 9.17) is 0 Å². The molecule has 0 bridgehead atoms. The van der Waals surface area contributed by atoms with Gasteiger partial charge in [0.1, 0.15) is 5.56 Å². The number of rotatable bonds is 3. The molecule has 0 unspecified atom stereocenters. The molecule has 3 heterocycles. The highest BCUT2D eigenvalue weighted by Gasteiger charge is 2.25. The summed E-state index contributed by atoms with van der Waals surface area (Å²) >= 11 is 0. The highest BCUT2D eigenvalue weighted by Crippen LogP contribution is 2.33. The number of benzene rings is 1. The molecule has 150 valence electrons. The van der Waals surface area contributed by atoms with Gasteiger partial charge in [-0.05, 0) is 52.8 Å². The summed E-state index contributed by atoms with van der Waals surface area (Å²) in [6.45, 7) is 9.56. The molecule has 8 heteroatoms. The van der Waals surface area contributed by atoms with Gasteiger partial charge in [0.25, 0.3) is 5.91 Å². The number of fused-ring (bicyclic) bond motifs is 2. The fourth-order valence-corrected chi connectivity index (χ4v) is 3.20. The van der Waals surface area contributed by atoms with Gasteiger partial charge in [-0.1, -0.05) is 0 Å². The number of hydrogen-bond acceptors (Lipinski definition) is 5. The Morgan fingerprint density at radius 3 is 2.62 bits per heavy atom. The number of carbonyl (C=O) groups is 1. The van der Waals surface area contributed by atoms with Crippen molar-refractivity contribution in [1.82, 2.24) is 24.4 Å². The van der Waals surface area contributed by atoms with Crippen LogP contribution in [0.2, 0.25) is 0 Å². The van der Waals surface area contributed by atoms with Crippen molar-refractivity contribution in [3.8, 4) is 0 Å². The molecule has 1 amide bonds. The third kappa shape index (κ3) is 3.47. The first-order valence-corrected chi connectivity index (χ1v) is 9.40. The first kappa shape index (κ1) is 19.1. The molecule has 0 saturated carbocycles. The van der Waals surface area contributed by atoms with Crippen molar-refractivity contribution in [3.63, 3.8) is 0 Å². The maximum atomic E-state index is 13.0. The Labute approximate surface area is 168 Å². The van der Waals surface area contributed by atoms with Crippen LogP contribution < -0.4 is 5.32 Å².